The third-order valence-electron chi connectivity index (χ3n) is 4.11. The van der Waals surface area contributed by atoms with E-state index in [1.165, 1.54) is 0 Å². The van der Waals surface area contributed by atoms with Crippen LogP contribution in [0.2, 0.25) is 0 Å². The zero-order valence-corrected chi connectivity index (χ0v) is 13.1. The van der Waals surface area contributed by atoms with Gasteiger partial charge in [0.05, 0.1) is 12.6 Å². The Morgan fingerprint density at radius 1 is 1.70 bits per heavy atom. The number of nitrogens with zero attached hydrogens (tertiary/aromatic N) is 1. The number of thiazole rings is 1. The van der Waals surface area contributed by atoms with E-state index >= 15 is 0 Å². The molecule has 0 saturated heterocycles. The second-order valence-electron chi connectivity index (χ2n) is 5.91. The number of hydrogen-bond donors (Lipinski definition) is 3. The molecule has 1 aliphatic carbocycles. The van der Waals surface area contributed by atoms with E-state index in [1.54, 1.807) is 11.3 Å². The maximum atomic E-state index is 12.1. The Morgan fingerprint density at radius 3 is 3.05 bits per heavy atom. The molecule has 2 amide bonds. The third-order valence-corrected chi connectivity index (χ3v) is 5.20. The number of aryl methyl sites for hydroxylation is 1. The summed E-state index contributed by atoms with van der Waals surface area (Å²) in [5.74, 6) is 0. The Hall–Kier alpha value is -1.14. The van der Waals surface area contributed by atoms with Gasteiger partial charge < -0.3 is 15.7 Å². The van der Waals surface area contributed by atoms with Gasteiger partial charge in [-0.15, -0.1) is 11.3 Å². The summed E-state index contributed by atoms with van der Waals surface area (Å²) < 4.78 is 0. The highest BCUT2D eigenvalue weighted by Gasteiger charge is 2.39. The smallest absolute Gasteiger partial charge is 0.315 e. The van der Waals surface area contributed by atoms with E-state index in [0.717, 1.165) is 29.1 Å². The molecule has 112 valence electrons. The van der Waals surface area contributed by atoms with Crippen molar-refractivity contribution in [2.75, 3.05) is 6.61 Å². The summed E-state index contributed by atoms with van der Waals surface area (Å²) in [6.07, 6.45) is 4.74. The van der Waals surface area contributed by atoms with E-state index in [1.807, 2.05) is 27.0 Å². The molecule has 1 aromatic heterocycles. The summed E-state index contributed by atoms with van der Waals surface area (Å²) in [6, 6.07) is -0.245. The summed E-state index contributed by atoms with van der Waals surface area (Å²) >= 11 is 1.59. The summed E-state index contributed by atoms with van der Waals surface area (Å²) in [7, 11) is 0. The molecule has 3 unspecified atom stereocenters. The Balaban J connectivity index is 1.89. The summed E-state index contributed by atoms with van der Waals surface area (Å²) in [5, 5.41) is 16.3. The van der Waals surface area contributed by atoms with E-state index in [4.69, 9.17) is 0 Å². The number of carbonyl (C=O) groups is 1. The molecule has 3 N–H and O–H groups in total. The van der Waals surface area contributed by atoms with Gasteiger partial charge in [0.2, 0.25) is 0 Å². The zero-order valence-electron chi connectivity index (χ0n) is 12.3. The first kappa shape index (κ1) is 15.3. The van der Waals surface area contributed by atoms with Gasteiger partial charge in [0.15, 0.2) is 0 Å². The lowest BCUT2D eigenvalue weighted by molar-refractivity contribution is 0.121. The van der Waals surface area contributed by atoms with Crippen molar-refractivity contribution in [2.45, 2.75) is 52.1 Å². The molecular formula is C14H23N3O2S. The minimum atomic E-state index is -0.196. The van der Waals surface area contributed by atoms with Gasteiger partial charge in [0.1, 0.15) is 5.01 Å². The Morgan fingerprint density at radius 2 is 2.45 bits per heavy atom. The van der Waals surface area contributed by atoms with Crippen LogP contribution in [0.3, 0.4) is 0 Å². The number of nitrogens with one attached hydrogen (secondary N) is 2. The molecule has 2 rings (SSSR count). The minimum absolute atomic E-state index is 0.0396. The molecular weight excluding hydrogens is 274 g/mol. The predicted molar refractivity (Wildman–Crippen MR) is 79.8 cm³/mol. The first-order valence-electron chi connectivity index (χ1n) is 7.05. The number of hydrogen-bond acceptors (Lipinski definition) is 4. The van der Waals surface area contributed by atoms with Gasteiger partial charge in [0.25, 0.3) is 0 Å². The van der Waals surface area contributed by atoms with Gasteiger partial charge in [-0.3, -0.25) is 0 Å². The Kier molecular flexibility index (Phi) is 4.65. The largest absolute Gasteiger partial charge is 0.396 e. The van der Waals surface area contributed by atoms with Crippen molar-refractivity contribution in [1.29, 1.82) is 0 Å². The van der Waals surface area contributed by atoms with Gasteiger partial charge in [-0.1, -0.05) is 13.3 Å². The second-order valence-corrected chi connectivity index (χ2v) is 7.17. The van der Waals surface area contributed by atoms with Crippen molar-refractivity contribution in [1.82, 2.24) is 15.6 Å². The molecule has 0 radical (unpaired) electrons. The van der Waals surface area contributed by atoms with Crippen LogP contribution in [0.5, 0.6) is 0 Å². The van der Waals surface area contributed by atoms with Gasteiger partial charge in [-0.05, 0) is 26.7 Å². The van der Waals surface area contributed by atoms with Gasteiger partial charge in [-0.25, -0.2) is 9.78 Å². The fraction of sp³-hybridized carbons (Fsp3) is 0.714. The lowest BCUT2D eigenvalue weighted by Gasteiger charge is -2.30. The van der Waals surface area contributed by atoms with Gasteiger partial charge in [0, 0.05) is 22.5 Å². The maximum Gasteiger partial charge on any atom is 0.315 e. The maximum absolute atomic E-state index is 12.1. The summed E-state index contributed by atoms with van der Waals surface area (Å²) in [4.78, 5) is 17.5. The molecule has 6 heteroatoms. The molecule has 20 heavy (non-hydrogen) atoms. The van der Waals surface area contributed by atoms with E-state index in [2.05, 4.69) is 15.6 Å². The number of urea groups is 1. The molecule has 1 fully saturated rings. The molecule has 1 heterocycles. The second kappa shape index (κ2) is 6.10. The van der Waals surface area contributed by atoms with Crippen molar-refractivity contribution in [3.8, 4) is 0 Å². The fourth-order valence-corrected chi connectivity index (χ4v) is 3.48. The lowest BCUT2D eigenvalue weighted by atomic mass is 9.86. The lowest BCUT2D eigenvalue weighted by Crippen LogP contribution is -2.49. The normalized spacial score (nSPS) is 27.3. The summed E-state index contributed by atoms with van der Waals surface area (Å²) in [6.45, 7) is 6.06. The van der Waals surface area contributed by atoms with Gasteiger partial charge >= 0.3 is 6.03 Å². The standard InChI is InChI=1S/C14H23N3O2S/c1-9-7-15-12(20-9)10(2)16-13(19)17-11-5-4-6-14(11,3)8-18/h7,10-11,18H,4-6,8H2,1-3H3,(H2,16,17,19). The number of rotatable bonds is 4. The van der Waals surface area contributed by atoms with Crippen LogP contribution in [0.1, 0.15) is 49.0 Å². The van der Waals surface area contributed by atoms with E-state index in [0.29, 0.717) is 0 Å². The van der Waals surface area contributed by atoms with Crippen LogP contribution in [0.15, 0.2) is 6.20 Å². The van der Waals surface area contributed by atoms with Crippen molar-refractivity contribution in [3.05, 3.63) is 16.1 Å². The molecule has 3 atom stereocenters. The zero-order chi connectivity index (χ0) is 14.8. The van der Waals surface area contributed by atoms with Gasteiger partial charge in [-0.2, -0.15) is 0 Å². The van der Waals surface area contributed by atoms with Crippen molar-refractivity contribution in [2.24, 2.45) is 5.41 Å². The van der Waals surface area contributed by atoms with Crippen LogP contribution >= 0.6 is 11.3 Å². The molecule has 0 bridgehead atoms. The molecule has 1 aliphatic rings. The van der Waals surface area contributed by atoms with Crippen LogP contribution in [0.25, 0.3) is 0 Å². The first-order chi connectivity index (χ1) is 9.44. The molecule has 1 saturated carbocycles. The van der Waals surface area contributed by atoms with E-state index < -0.39 is 0 Å². The summed E-state index contributed by atoms with van der Waals surface area (Å²) in [5.41, 5.74) is -0.196. The topological polar surface area (TPSA) is 74.2 Å². The van der Waals surface area contributed by atoms with Crippen LogP contribution in [0.4, 0.5) is 4.79 Å². The van der Waals surface area contributed by atoms with E-state index in [-0.39, 0.29) is 30.1 Å². The minimum Gasteiger partial charge on any atom is -0.396 e. The molecule has 0 aromatic carbocycles. The number of amides is 2. The third kappa shape index (κ3) is 3.30. The highest BCUT2D eigenvalue weighted by molar-refractivity contribution is 7.11. The molecule has 0 spiro atoms. The van der Waals surface area contributed by atoms with Crippen LogP contribution in [0, 0.1) is 12.3 Å². The van der Waals surface area contributed by atoms with Crippen molar-refractivity contribution >= 4 is 17.4 Å². The average Bonchev–Trinajstić information content (AvgIpc) is 2.97. The Bertz CT molecular complexity index is 477. The number of aliphatic hydroxyl groups excluding tert-OH is 1. The van der Waals surface area contributed by atoms with Crippen LogP contribution in [-0.2, 0) is 0 Å². The molecule has 1 aromatic rings. The number of aliphatic hydroxyl groups is 1. The van der Waals surface area contributed by atoms with Crippen LogP contribution < -0.4 is 10.6 Å². The van der Waals surface area contributed by atoms with Crippen molar-refractivity contribution in [3.63, 3.8) is 0 Å². The number of aromatic nitrogens is 1. The highest BCUT2D eigenvalue weighted by atomic mass is 32.1. The van der Waals surface area contributed by atoms with Crippen molar-refractivity contribution < 1.29 is 9.90 Å². The SMILES string of the molecule is Cc1cnc(C(C)NC(=O)NC2CCCC2(C)CO)s1. The predicted octanol–water partition coefficient (Wildman–Crippen LogP) is 2.36. The first-order valence-corrected chi connectivity index (χ1v) is 7.86. The Labute approximate surface area is 123 Å². The van der Waals surface area contributed by atoms with Crippen LogP contribution in [-0.4, -0.2) is 28.8 Å². The molecule has 0 aliphatic heterocycles. The number of carbonyl (C=O) groups excluding carboxylic acids is 1. The molecule has 5 nitrogen and oxygen atoms in total. The van der Waals surface area contributed by atoms with E-state index in [9.17, 15) is 9.90 Å². The average molecular weight is 297 g/mol. The monoisotopic (exact) mass is 297 g/mol. The quantitative estimate of drug-likeness (QED) is 0.798. The highest BCUT2D eigenvalue weighted by Crippen LogP contribution is 2.37. The fourth-order valence-electron chi connectivity index (χ4n) is 2.70.